The number of rotatable bonds is 11. The first-order valence-electron chi connectivity index (χ1n) is 12.1. The lowest BCUT2D eigenvalue weighted by molar-refractivity contribution is -0.119. The minimum Gasteiger partial charge on any atom is -0.484 e. The quantitative estimate of drug-likeness (QED) is 0.190. The van der Waals surface area contributed by atoms with Crippen LogP contribution in [0.25, 0.3) is 0 Å². The highest BCUT2D eigenvalue weighted by Gasteiger charge is 2.27. The molecule has 0 atom stereocenters. The summed E-state index contributed by atoms with van der Waals surface area (Å²) in [5.41, 5.74) is 3.50. The number of hydrogen-bond donors (Lipinski definition) is 2. The van der Waals surface area contributed by atoms with E-state index < -0.39 is 28.3 Å². The van der Waals surface area contributed by atoms with Gasteiger partial charge in [-0.1, -0.05) is 41.9 Å². The first-order chi connectivity index (χ1) is 19.7. The van der Waals surface area contributed by atoms with Crippen LogP contribution in [-0.4, -0.2) is 39.6 Å². The van der Waals surface area contributed by atoms with Gasteiger partial charge in [0, 0.05) is 0 Å². The van der Waals surface area contributed by atoms with Crippen molar-refractivity contribution in [2.24, 2.45) is 5.10 Å². The summed E-state index contributed by atoms with van der Waals surface area (Å²) < 4.78 is 46.3. The third kappa shape index (κ3) is 8.13. The molecule has 0 unspecified atom stereocenters. The lowest BCUT2D eigenvalue weighted by Gasteiger charge is -2.23. The van der Waals surface area contributed by atoms with Gasteiger partial charge in [-0.25, -0.2) is 18.2 Å². The van der Waals surface area contributed by atoms with E-state index in [1.807, 2.05) is 0 Å². The molecule has 0 aliphatic rings. The summed E-state index contributed by atoms with van der Waals surface area (Å²) in [7, 11) is -4.13. The summed E-state index contributed by atoms with van der Waals surface area (Å²) in [6.45, 7) is -0.825. The predicted molar refractivity (Wildman–Crippen MR) is 155 cm³/mol. The maximum Gasteiger partial charge on any atom is 0.264 e. The SMILES string of the molecule is O=C(CN(c1ccc(F)cc1)S(=O)(=O)c1ccccc1)N/N=C\c1ccc(OCC(=O)Nc2ccccc2Cl)cc1. The molecule has 4 aromatic carbocycles. The van der Waals surface area contributed by atoms with Crippen LogP contribution in [0.4, 0.5) is 15.8 Å². The number of ether oxygens (including phenoxy) is 1. The van der Waals surface area contributed by atoms with E-state index >= 15 is 0 Å². The Morgan fingerprint density at radius 1 is 0.878 bits per heavy atom. The smallest absolute Gasteiger partial charge is 0.264 e. The van der Waals surface area contributed by atoms with Gasteiger partial charge in [-0.2, -0.15) is 5.10 Å². The monoisotopic (exact) mass is 594 g/mol. The van der Waals surface area contributed by atoms with E-state index in [1.165, 1.54) is 30.5 Å². The fraction of sp³-hybridized carbons (Fsp3) is 0.0690. The molecule has 0 aliphatic carbocycles. The third-order valence-electron chi connectivity index (χ3n) is 5.53. The van der Waals surface area contributed by atoms with Gasteiger partial charge >= 0.3 is 0 Å². The number of benzene rings is 4. The van der Waals surface area contributed by atoms with Gasteiger partial charge < -0.3 is 10.1 Å². The van der Waals surface area contributed by atoms with Crippen molar-refractivity contribution in [3.05, 3.63) is 120 Å². The zero-order valence-electron chi connectivity index (χ0n) is 21.4. The Balaban J connectivity index is 1.34. The second-order valence-corrected chi connectivity index (χ2v) is 10.7. The van der Waals surface area contributed by atoms with Crippen LogP contribution in [0, 0.1) is 5.82 Å². The molecule has 0 saturated carbocycles. The number of carbonyl (C=O) groups is 2. The highest BCUT2D eigenvalue weighted by atomic mass is 35.5. The largest absolute Gasteiger partial charge is 0.484 e. The molecule has 9 nitrogen and oxygen atoms in total. The van der Waals surface area contributed by atoms with Crippen LogP contribution >= 0.6 is 11.6 Å². The lowest BCUT2D eigenvalue weighted by atomic mass is 10.2. The molecular weight excluding hydrogens is 571 g/mol. The molecule has 0 radical (unpaired) electrons. The number of hydrogen-bond acceptors (Lipinski definition) is 6. The van der Waals surface area contributed by atoms with Crippen molar-refractivity contribution < 1.29 is 27.1 Å². The van der Waals surface area contributed by atoms with E-state index in [9.17, 15) is 22.4 Å². The van der Waals surface area contributed by atoms with Crippen LogP contribution in [0.1, 0.15) is 5.56 Å². The van der Waals surface area contributed by atoms with Crippen LogP contribution < -0.4 is 19.8 Å². The number of halogens is 2. The van der Waals surface area contributed by atoms with Crippen molar-refractivity contribution in [1.29, 1.82) is 0 Å². The van der Waals surface area contributed by atoms with Crippen molar-refractivity contribution in [2.75, 3.05) is 22.8 Å². The highest BCUT2D eigenvalue weighted by Crippen LogP contribution is 2.24. The summed E-state index contributed by atoms with van der Waals surface area (Å²) in [5, 5.41) is 6.97. The van der Waals surface area contributed by atoms with Crippen molar-refractivity contribution in [2.45, 2.75) is 4.90 Å². The maximum atomic E-state index is 13.5. The summed E-state index contributed by atoms with van der Waals surface area (Å²) >= 11 is 6.03. The Labute approximate surface area is 241 Å². The van der Waals surface area contributed by atoms with Crippen LogP contribution in [-0.2, 0) is 19.6 Å². The van der Waals surface area contributed by atoms with Gasteiger partial charge in [0.1, 0.15) is 18.1 Å². The number of amides is 2. The summed E-state index contributed by atoms with van der Waals surface area (Å²) in [4.78, 5) is 24.7. The maximum absolute atomic E-state index is 13.5. The van der Waals surface area contributed by atoms with Gasteiger partial charge in [0.25, 0.3) is 21.8 Å². The molecule has 2 amide bonds. The van der Waals surface area contributed by atoms with Gasteiger partial charge in [0.05, 0.1) is 27.5 Å². The zero-order valence-corrected chi connectivity index (χ0v) is 23.0. The molecule has 4 aromatic rings. The number of carbonyl (C=O) groups excluding carboxylic acids is 2. The van der Waals surface area contributed by atoms with Crippen LogP contribution in [0.15, 0.2) is 113 Å². The Bertz CT molecular complexity index is 1630. The van der Waals surface area contributed by atoms with Crippen molar-refractivity contribution >= 4 is 51.0 Å². The fourth-order valence-electron chi connectivity index (χ4n) is 3.53. The summed E-state index contributed by atoms with van der Waals surface area (Å²) in [6, 6.07) is 25.8. The molecule has 0 aliphatic heterocycles. The van der Waals surface area contributed by atoms with Crippen molar-refractivity contribution in [3.8, 4) is 5.75 Å². The van der Waals surface area contributed by atoms with E-state index in [4.69, 9.17) is 16.3 Å². The zero-order chi connectivity index (χ0) is 29.2. The normalized spacial score (nSPS) is 11.2. The Kier molecular flexibility index (Phi) is 9.67. The average Bonchev–Trinajstić information content (AvgIpc) is 2.98. The van der Waals surface area contributed by atoms with E-state index in [0.717, 1.165) is 16.4 Å². The minimum absolute atomic E-state index is 0.0238. The van der Waals surface area contributed by atoms with Gasteiger partial charge in [-0.15, -0.1) is 0 Å². The van der Waals surface area contributed by atoms with E-state index in [0.29, 0.717) is 22.0 Å². The van der Waals surface area contributed by atoms with Crippen molar-refractivity contribution in [1.82, 2.24) is 5.43 Å². The van der Waals surface area contributed by atoms with E-state index in [1.54, 1.807) is 66.7 Å². The molecule has 210 valence electrons. The number of anilines is 2. The second kappa shape index (κ2) is 13.6. The first-order valence-corrected chi connectivity index (χ1v) is 14.0. The molecule has 12 heteroatoms. The molecule has 0 saturated heterocycles. The molecule has 41 heavy (non-hydrogen) atoms. The molecule has 4 rings (SSSR count). The Morgan fingerprint density at radius 2 is 1.54 bits per heavy atom. The van der Waals surface area contributed by atoms with Gasteiger partial charge in [-0.3, -0.25) is 13.9 Å². The average molecular weight is 595 g/mol. The molecule has 0 spiro atoms. The topological polar surface area (TPSA) is 117 Å². The minimum atomic E-state index is -4.13. The van der Waals surface area contributed by atoms with Gasteiger partial charge in [0.2, 0.25) is 0 Å². The molecule has 2 N–H and O–H groups in total. The van der Waals surface area contributed by atoms with Crippen molar-refractivity contribution in [3.63, 3.8) is 0 Å². The van der Waals surface area contributed by atoms with Crippen LogP contribution in [0.3, 0.4) is 0 Å². The highest BCUT2D eigenvalue weighted by molar-refractivity contribution is 7.92. The van der Waals surface area contributed by atoms with Crippen LogP contribution in [0.2, 0.25) is 5.02 Å². The Morgan fingerprint density at radius 3 is 2.22 bits per heavy atom. The summed E-state index contributed by atoms with van der Waals surface area (Å²) in [5.74, 6) is -1.21. The number of para-hydroxylation sites is 1. The Hall–Kier alpha value is -4.74. The third-order valence-corrected chi connectivity index (χ3v) is 7.65. The van der Waals surface area contributed by atoms with Gasteiger partial charge in [-0.05, 0) is 78.4 Å². The molecule has 0 heterocycles. The number of sulfonamides is 1. The van der Waals surface area contributed by atoms with E-state index in [2.05, 4.69) is 15.8 Å². The van der Waals surface area contributed by atoms with E-state index in [-0.39, 0.29) is 23.1 Å². The molecule has 0 aromatic heterocycles. The second-order valence-electron chi connectivity index (χ2n) is 8.48. The molecule has 0 bridgehead atoms. The molecular formula is C29H24ClFN4O5S. The summed E-state index contributed by atoms with van der Waals surface area (Å²) in [6.07, 6.45) is 1.36. The fourth-order valence-corrected chi connectivity index (χ4v) is 5.16. The predicted octanol–water partition coefficient (Wildman–Crippen LogP) is 4.84. The standard InChI is InChI=1S/C29H24ClFN4O5S/c30-26-8-4-5-9-27(26)33-29(37)20-40-24-16-10-21(11-17-24)18-32-34-28(36)19-35(23-14-12-22(31)13-15-23)41(38,39)25-6-2-1-3-7-25/h1-18H,19-20H2,(H,33,37)(H,34,36)/b32-18-. The number of nitrogens with one attached hydrogen (secondary N) is 2. The first kappa shape index (κ1) is 29.2. The lowest BCUT2D eigenvalue weighted by Crippen LogP contribution is -2.39. The van der Waals surface area contributed by atoms with Crippen LogP contribution in [0.5, 0.6) is 5.75 Å². The van der Waals surface area contributed by atoms with Gasteiger partial charge in [0.15, 0.2) is 6.61 Å². The molecule has 0 fully saturated rings. The number of nitrogens with zero attached hydrogens (tertiary/aromatic N) is 2. The number of hydrazone groups is 1.